The van der Waals surface area contributed by atoms with E-state index in [1.165, 1.54) is 5.56 Å². The number of hydrogen-bond acceptors (Lipinski definition) is 6. The first kappa shape index (κ1) is 22.4. The Bertz CT molecular complexity index is 1310. The van der Waals surface area contributed by atoms with Crippen LogP contribution in [0.15, 0.2) is 42.9 Å². The second-order valence-corrected chi connectivity index (χ2v) is 10.9. The molecule has 5 rings (SSSR count). The molecule has 4 aromatic rings. The third-order valence-electron chi connectivity index (χ3n) is 6.87. The molecular weight excluding hydrogens is 426 g/mol. The smallest absolute Gasteiger partial charge is 0.255 e. The first-order chi connectivity index (χ1) is 16.1. The van der Waals surface area contributed by atoms with Gasteiger partial charge in [-0.05, 0) is 42.9 Å². The predicted octanol–water partition coefficient (Wildman–Crippen LogP) is 5.13. The van der Waals surface area contributed by atoms with Gasteiger partial charge in [0.15, 0.2) is 5.82 Å². The lowest BCUT2D eigenvalue weighted by atomic mass is 9.80. The van der Waals surface area contributed by atoms with E-state index < -0.39 is 0 Å². The predicted molar refractivity (Wildman–Crippen MR) is 133 cm³/mol. The van der Waals surface area contributed by atoms with Crippen LogP contribution in [0.3, 0.4) is 0 Å². The van der Waals surface area contributed by atoms with Crippen LogP contribution < -0.4 is 10.1 Å². The van der Waals surface area contributed by atoms with Gasteiger partial charge in [-0.1, -0.05) is 46.8 Å². The van der Waals surface area contributed by atoms with Gasteiger partial charge in [-0.25, -0.2) is 4.98 Å². The van der Waals surface area contributed by atoms with Crippen molar-refractivity contribution in [1.29, 1.82) is 0 Å². The Morgan fingerprint density at radius 3 is 2.71 bits per heavy atom. The summed E-state index contributed by atoms with van der Waals surface area (Å²) < 4.78 is 8.25. The SMILES string of the molecule is CC1Oc2cccc(C(C)(C)C)c2NC1CCC(C)(C)c1[nH]ncc1-c1nnc2ncccn12. The molecule has 2 atom stereocenters. The van der Waals surface area contributed by atoms with Crippen LogP contribution in [0.1, 0.15) is 65.6 Å². The van der Waals surface area contributed by atoms with E-state index in [2.05, 4.69) is 90.4 Å². The van der Waals surface area contributed by atoms with Crippen LogP contribution in [0.4, 0.5) is 5.69 Å². The zero-order valence-electron chi connectivity index (χ0n) is 20.8. The summed E-state index contributed by atoms with van der Waals surface area (Å²) in [5.41, 5.74) is 4.28. The fourth-order valence-electron chi connectivity index (χ4n) is 4.83. The lowest BCUT2D eigenvalue weighted by Gasteiger charge is -2.38. The number of para-hydroxylation sites is 1. The van der Waals surface area contributed by atoms with Crippen molar-refractivity contribution in [1.82, 2.24) is 29.8 Å². The van der Waals surface area contributed by atoms with Gasteiger partial charge in [0, 0.05) is 17.8 Å². The number of aromatic nitrogens is 6. The van der Waals surface area contributed by atoms with Gasteiger partial charge in [0.1, 0.15) is 11.9 Å². The van der Waals surface area contributed by atoms with E-state index in [1.807, 2.05) is 22.9 Å². The Hall–Kier alpha value is -3.42. The van der Waals surface area contributed by atoms with Crippen molar-refractivity contribution in [3.8, 4) is 17.1 Å². The number of hydrogen-bond donors (Lipinski definition) is 2. The summed E-state index contributed by atoms with van der Waals surface area (Å²) in [5, 5.41) is 20.0. The third-order valence-corrected chi connectivity index (χ3v) is 6.87. The highest BCUT2D eigenvalue weighted by Crippen LogP contribution is 2.42. The molecule has 1 aromatic carbocycles. The van der Waals surface area contributed by atoms with E-state index in [0.717, 1.165) is 41.4 Å². The van der Waals surface area contributed by atoms with Crippen molar-refractivity contribution in [3.63, 3.8) is 0 Å². The monoisotopic (exact) mass is 459 g/mol. The zero-order chi connectivity index (χ0) is 24.1. The molecule has 3 aromatic heterocycles. The largest absolute Gasteiger partial charge is 0.486 e. The number of ether oxygens (including phenoxy) is 1. The summed E-state index contributed by atoms with van der Waals surface area (Å²) >= 11 is 0. The van der Waals surface area contributed by atoms with E-state index in [-0.39, 0.29) is 23.0 Å². The molecule has 0 saturated carbocycles. The molecular formula is C26H33N7O. The highest BCUT2D eigenvalue weighted by molar-refractivity contribution is 5.66. The number of nitrogens with zero attached hydrogens (tertiary/aromatic N) is 5. The molecule has 0 fully saturated rings. The normalized spacial score (nSPS) is 18.4. The average Bonchev–Trinajstić information content (AvgIpc) is 3.44. The summed E-state index contributed by atoms with van der Waals surface area (Å²) in [7, 11) is 0. The van der Waals surface area contributed by atoms with E-state index in [4.69, 9.17) is 4.74 Å². The lowest BCUT2D eigenvalue weighted by molar-refractivity contribution is 0.176. The summed E-state index contributed by atoms with van der Waals surface area (Å²) in [4.78, 5) is 4.29. The number of anilines is 1. The van der Waals surface area contributed by atoms with Crippen molar-refractivity contribution in [2.75, 3.05) is 5.32 Å². The van der Waals surface area contributed by atoms with Crippen molar-refractivity contribution in [2.45, 2.75) is 77.4 Å². The van der Waals surface area contributed by atoms with Crippen molar-refractivity contribution in [3.05, 3.63) is 54.1 Å². The molecule has 2 unspecified atom stereocenters. The van der Waals surface area contributed by atoms with Gasteiger partial charge >= 0.3 is 0 Å². The molecule has 0 amide bonds. The van der Waals surface area contributed by atoms with Crippen LogP contribution in [0.5, 0.6) is 5.75 Å². The molecule has 178 valence electrons. The minimum absolute atomic E-state index is 0.0345. The quantitative estimate of drug-likeness (QED) is 0.430. The number of aromatic amines is 1. The molecule has 1 aliphatic rings. The van der Waals surface area contributed by atoms with E-state index in [0.29, 0.717) is 5.78 Å². The van der Waals surface area contributed by atoms with Crippen molar-refractivity contribution in [2.24, 2.45) is 0 Å². The molecule has 0 bridgehead atoms. The third kappa shape index (κ3) is 3.91. The molecule has 34 heavy (non-hydrogen) atoms. The van der Waals surface area contributed by atoms with Crippen LogP contribution in [0, 0.1) is 0 Å². The molecule has 0 saturated heterocycles. The van der Waals surface area contributed by atoms with Crippen LogP contribution in [-0.2, 0) is 10.8 Å². The number of nitrogens with one attached hydrogen (secondary N) is 2. The maximum absolute atomic E-state index is 6.36. The average molecular weight is 460 g/mol. The first-order valence-electron chi connectivity index (χ1n) is 11.9. The Balaban J connectivity index is 1.38. The standard InChI is InChI=1S/C26H33N7O/c1-16-19(29-21-18(25(2,3)4)9-7-10-20(21)34-16)11-12-26(5,6)22-17(15-28-30-22)23-31-32-24-27-13-8-14-33(23)24/h7-10,13-16,19,29H,11-12H2,1-6H3,(H,28,30). The topological polar surface area (TPSA) is 93.0 Å². The van der Waals surface area contributed by atoms with Gasteiger partial charge in [-0.3, -0.25) is 9.50 Å². The van der Waals surface area contributed by atoms with E-state index in [1.54, 1.807) is 6.20 Å². The van der Waals surface area contributed by atoms with Gasteiger partial charge in [0.05, 0.1) is 29.2 Å². The Labute approximate surface area is 200 Å². The lowest BCUT2D eigenvalue weighted by Crippen LogP contribution is -2.41. The maximum Gasteiger partial charge on any atom is 0.255 e. The Morgan fingerprint density at radius 2 is 1.91 bits per heavy atom. The summed E-state index contributed by atoms with van der Waals surface area (Å²) in [6.07, 6.45) is 7.44. The number of H-pyrrole nitrogens is 1. The van der Waals surface area contributed by atoms with Crippen LogP contribution in [0.25, 0.3) is 17.2 Å². The molecule has 0 radical (unpaired) electrons. The van der Waals surface area contributed by atoms with Gasteiger partial charge in [0.2, 0.25) is 0 Å². The summed E-state index contributed by atoms with van der Waals surface area (Å²) in [5.74, 6) is 2.27. The molecule has 0 spiro atoms. The first-order valence-corrected chi connectivity index (χ1v) is 11.9. The zero-order valence-corrected chi connectivity index (χ0v) is 20.8. The summed E-state index contributed by atoms with van der Waals surface area (Å²) in [6, 6.07) is 8.43. The number of rotatable bonds is 5. The summed E-state index contributed by atoms with van der Waals surface area (Å²) in [6.45, 7) is 13.4. The van der Waals surface area contributed by atoms with E-state index in [9.17, 15) is 0 Å². The Morgan fingerprint density at radius 1 is 1.09 bits per heavy atom. The molecule has 8 nitrogen and oxygen atoms in total. The van der Waals surface area contributed by atoms with Crippen LogP contribution in [-0.4, -0.2) is 41.9 Å². The Kier molecular flexibility index (Phi) is 5.34. The van der Waals surface area contributed by atoms with Gasteiger partial charge in [0.25, 0.3) is 5.78 Å². The molecule has 4 heterocycles. The minimum Gasteiger partial charge on any atom is -0.486 e. The van der Waals surface area contributed by atoms with Gasteiger partial charge in [-0.15, -0.1) is 10.2 Å². The second-order valence-electron chi connectivity index (χ2n) is 10.9. The van der Waals surface area contributed by atoms with Crippen LogP contribution >= 0.6 is 0 Å². The van der Waals surface area contributed by atoms with Crippen LogP contribution in [0.2, 0.25) is 0 Å². The van der Waals surface area contributed by atoms with Crippen molar-refractivity contribution >= 4 is 11.5 Å². The highest BCUT2D eigenvalue weighted by Gasteiger charge is 2.34. The van der Waals surface area contributed by atoms with Crippen molar-refractivity contribution < 1.29 is 4.74 Å². The second kappa shape index (κ2) is 8.11. The molecule has 2 N–H and O–H groups in total. The number of benzene rings is 1. The molecule has 1 aliphatic heterocycles. The fraction of sp³-hybridized carbons (Fsp3) is 0.462. The highest BCUT2D eigenvalue weighted by atomic mass is 16.5. The van der Waals surface area contributed by atoms with Gasteiger partial charge < -0.3 is 10.1 Å². The molecule has 0 aliphatic carbocycles. The van der Waals surface area contributed by atoms with E-state index >= 15 is 0 Å². The molecule has 8 heteroatoms. The maximum atomic E-state index is 6.36. The number of fused-ring (bicyclic) bond motifs is 2. The fourth-order valence-corrected chi connectivity index (χ4v) is 4.83. The van der Waals surface area contributed by atoms with Gasteiger partial charge in [-0.2, -0.15) is 5.10 Å². The minimum atomic E-state index is -0.162.